The van der Waals surface area contributed by atoms with Crippen molar-refractivity contribution in [3.8, 4) is 0 Å². The molecule has 1 amide bonds. The third-order valence-corrected chi connectivity index (χ3v) is 3.25. The van der Waals surface area contributed by atoms with Crippen LogP contribution >= 0.6 is 11.6 Å². The Labute approximate surface area is 128 Å². The smallest absolute Gasteiger partial charge is 0.246 e. The molecule has 0 spiro atoms. The first-order chi connectivity index (χ1) is 10.1. The third kappa shape index (κ3) is 4.48. The van der Waals surface area contributed by atoms with Gasteiger partial charge in [-0.3, -0.25) is 4.79 Å². The molecule has 0 fully saturated rings. The van der Waals surface area contributed by atoms with Crippen LogP contribution in [0.3, 0.4) is 0 Å². The average molecular weight is 305 g/mol. The molecule has 2 aromatic carbocycles. The van der Waals surface area contributed by atoms with E-state index in [2.05, 4.69) is 10.6 Å². The molecule has 0 bridgehead atoms. The zero-order valence-corrected chi connectivity index (χ0v) is 12.4. The Kier molecular flexibility index (Phi) is 5.20. The van der Waals surface area contributed by atoms with Gasteiger partial charge in [-0.2, -0.15) is 0 Å². The predicted molar refractivity (Wildman–Crippen MR) is 85.5 cm³/mol. The first-order valence-electron chi connectivity index (χ1n) is 6.61. The van der Waals surface area contributed by atoms with Gasteiger partial charge in [-0.25, -0.2) is 0 Å². The van der Waals surface area contributed by atoms with Crippen LogP contribution in [0.5, 0.6) is 0 Å². The molecule has 2 aromatic rings. The van der Waals surface area contributed by atoms with E-state index in [1.54, 1.807) is 31.2 Å². The Morgan fingerprint density at radius 1 is 1.19 bits per heavy atom. The predicted octanol–water partition coefficient (Wildman–Crippen LogP) is 3.27. The van der Waals surface area contributed by atoms with E-state index < -0.39 is 6.04 Å². The van der Waals surface area contributed by atoms with Crippen LogP contribution in [0.4, 0.5) is 11.4 Å². The summed E-state index contributed by atoms with van der Waals surface area (Å²) in [6, 6.07) is 13.9. The number of rotatable bonds is 5. The lowest BCUT2D eigenvalue weighted by Gasteiger charge is -2.16. The molecule has 0 aliphatic rings. The lowest BCUT2D eigenvalue weighted by Crippen LogP contribution is -2.31. The summed E-state index contributed by atoms with van der Waals surface area (Å²) < 4.78 is 0. The third-order valence-electron chi connectivity index (χ3n) is 3.00. The van der Waals surface area contributed by atoms with E-state index in [9.17, 15) is 4.79 Å². The molecule has 0 heterocycles. The molecule has 5 heteroatoms. The number of carbonyl (C=O) groups excluding carboxylic acids is 1. The molecule has 4 nitrogen and oxygen atoms in total. The summed E-state index contributed by atoms with van der Waals surface area (Å²) in [6.07, 6.45) is 0. The van der Waals surface area contributed by atoms with Gasteiger partial charge in [-0.1, -0.05) is 23.7 Å². The second kappa shape index (κ2) is 7.11. The van der Waals surface area contributed by atoms with Gasteiger partial charge in [0.25, 0.3) is 0 Å². The van der Waals surface area contributed by atoms with Crippen LogP contribution in [0.15, 0.2) is 48.5 Å². The minimum absolute atomic E-state index is 0.0269. The molecule has 0 saturated heterocycles. The average Bonchev–Trinajstić information content (AvgIpc) is 2.49. The number of nitrogens with one attached hydrogen (secondary N) is 2. The van der Waals surface area contributed by atoms with Gasteiger partial charge < -0.3 is 15.7 Å². The fraction of sp³-hybridized carbons (Fsp3) is 0.188. The summed E-state index contributed by atoms with van der Waals surface area (Å²) in [5.41, 5.74) is 2.28. The van der Waals surface area contributed by atoms with Gasteiger partial charge in [0, 0.05) is 16.4 Å². The Morgan fingerprint density at radius 3 is 2.57 bits per heavy atom. The standard InChI is InChI=1S/C16H17ClN2O2/c1-11(18-15-4-2-3-12(9-15)10-20)16(21)19-14-7-5-13(17)6-8-14/h2-9,11,18,20H,10H2,1H3,(H,19,21)/t11-/m0/s1. The van der Waals surface area contributed by atoms with Crippen molar-refractivity contribution in [1.82, 2.24) is 0 Å². The maximum absolute atomic E-state index is 12.1. The number of aliphatic hydroxyl groups is 1. The quantitative estimate of drug-likeness (QED) is 0.794. The van der Waals surface area contributed by atoms with E-state index >= 15 is 0 Å². The maximum Gasteiger partial charge on any atom is 0.246 e. The minimum Gasteiger partial charge on any atom is -0.392 e. The Hall–Kier alpha value is -2.04. The summed E-state index contributed by atoms with van der Waals surface area (Å²) >= 11 is 5.80. The molecular formula is C16H17ClN2O2. The molecule has 1 atom stereocenters. The van der Waals surface area contributed by atoms with Crippen molar-refractivity contribution in [3.05, 3.63) is 59.1 Å². The normalized spacial score (nSPS) is 11.8. The number of halogens is 1. The summed E-state index contributed by atoms with van der Waals surface area (Å²) in [6.45, 7) is 1.75. The van der Waals surface area contributed by atoms with E-state index in [4.69, 9.17) is 16.7 Å². The highest BCUT2D eigenvalue weighted by molar-refractivity contribution is 6.30. The molecule has 21 heavy (non-hydrogen) atoms. The van der Waals surface area contributed by atoms with Crippen LogP contribution in [-0.2, 0) is 11.4 Å². The first-order valence-corrected chi connectivity index (χ1v) is 6.99. The highest BCUT2D eigenvalue weighted by Gasteiger charge is 2.12. The molecule has 0 aliphatic heterocycles. The number of amides is 1. The Morgan fingerprint density at radius 2 is 1.90 bits per heavy atom. The molecular weight excluding hydrogens is 288 g/mol. The zero-order chi connectivity index (χ0) is 15.2. The molecule has 0 aliphatic carbocycles. The largest absolute Gasteiger partial charge is 0.392 e. The Balaban J connectivity index is 1.97. The summed E-state index contributed by atoms with van der Waals surface area (Å²) in [4.78, 5) is 12.1. The lowest BCUT2D eigenvalue weighted by molar-refractivity contribution is -0.116. The minimum atomic E-state index is -0.408. The number of benzene rings is 2. The number of aliphatic hydroxyl groups excluding tert-OH is 1. The molecule has 110 valence electrons. The number of anilines is 2. The van der Waals surface area contributed by atoms with Crippen molar-refractivity contribution in [1.29, 1.82) is 0 Å². The number of carbonyl (C=O) groups is 1. The maximum atomic E-state index is 12.1. The van der Waals surface area contributed by atoms with Gasteiger partial charge in [-0.05, 0) is 48.9 Å². The van der Waals surface area contributed by atoms with E-state index in [0.29, 0.717) is 10.7 Å². The van der Waals surface area contributed by atoms with E-state index in [0.717, 1.165) is 11.3 Å². The first kappa shape index (κ1) is 15.4. The van der Waals surface area contributed by atoms with Gasteiger partial charge >= 0.3 is 0 Å². The van der Waals surface area contributed by atoms with Crippen molar-refractivity contribution >= 4 is 28.9 Å². The van der Waals surface area contributed by atoms with Crippen LogP contribution in [0.2, 0.25) is 5.02 Å². The van der Waals surface area contributed by atoms with Crippen LogP contribution in [-0.4, -0.2) is 17.1 Å². The van der Waals surface area contributed by atoms with Gasteiger partial charge in [0.15, 0.2) is 0 Å². The van der Waals surface area contributed by atoms with Crippen LogP contribution in [0.1, 0.15) is 12.5 Å². The van der Waals surface area contributed by atoms with Crippen LogP contribution in [0.25, 0.3) is 0 Å². The van der Waals surface area contributed by atoms with Crippen molar-refractivity contribution in [2.24, 2.45) is 0 Å². The number of hydrogen-bond acceptors (Lipinski definition) is 3. The van der Waals surface area contributed by atoms with Gasteiger partial charge in [0.1, 0.15) is 6.04 Å². The molecule has 3 N–H and O–H groups in total. The summed E-state index contributed by atoms with van der Waals surface area (Å²) in [7, 11) is 0. The summed E-state index contributed by atoms with van der Waals surface area (Å²) in [5, 5.41) is 15.6. The van der Waals surface area contributed by atoms with Crippen molar-refractivity contribution in [2.45, 2.75) is 19.6 Å². The fourth-order valence-corrected chi connectivity index (χ4v) is 1.98. The highest BCUT2D eigenvalue weighted by atomic mass is 35.5. The molecule has 0 unspecified atom stereocenters. The highest BCUT2D eigenvalue weighted by Crippen LogP contribution is 2.15. The Bertz CT molecular complexity index is 614. The molecule has 0 radical (unpaired) electrons. The topological polar surface area (TPSA) is 61.4 Å². The molecule has 0 aromatic heterocycles. The van der Waals surface area contributed by atoms with Crippen molar-refractivity contribution < 1.29 is 9.90 Å². The number of hydrogen-bond donors (Lipinski definition) is 3. The van der Waals surface area contributed by atoms with Gasteiger partial charge in [-0.15, -0.1) is 0 Å². The fourth-order valence-electron chi connectivity index (χ4n) is 1.86. The van der Waals surface area contributed by atoms with Gasteiger partial charge in [0.05, 0.1) is 6.61 Å². The summed E-state index contributed by atoms with van der Waals surface area (Å²) in [5.74, 6) is -0.147. The monoisotopic (exact) mass is 304 g/mol. The van der Waals surface area contributed by atoms with Crippen LogP contribution < -0.4 is 10.6 Å². The van der Waals surface area contributed by atoms with Crippen LogP contribution in [0, 0.1) is 0 Å². The molecule has 0 saturated carbocycles. The van der Waals surface area contributed by atoms with E-state index in [1.807, 2.05) is 24.3 Å². The van der Waals surface area contributed by atoms with Gasteiger partial charge in [0.2, 0.25) is 5.91 Å². The second-order valence-corrected chi connectivity index (χ2v) is 5.16. The lowest BCUT2D eigenvalue weighted by atomic mass is 10.2. The second-order valence-electron chi connectivity index (χ2n) is 4.72. The van der Waals surface area contributed by atoms with Crippen molar-refractivity contribution in [3.63, 3.8) is 0 Å². The van der Waals surface area contributed by atoms with E-state index in [1.165, 1.54) is 0 Å². The van der Waals surface area contributed by atoms with E-state index in [-0.39, 0.29) is 12.5 Å². The SMILES string of the molecule is C[C@H](Nc1cccc(CO)c1)C(=O)Nc1ccc(Cl)cc1. The zero-order valence-electron chi connectivity index (χ0n) is 11.6. The van der Waals surface area contributed by atoms with Crippen molar-refractivity contribution in [2.75, 3.05) is 10.6 Å². The molecule has 2 rings (SSSR count).